The van der Waals surface area contributed by atoms with Gasteiger partial charge in [-0.3, -0.25) is 0 Å². The lowest BCUT2D eigenvalue weighted by molar-refractivity contribution is -0.137. The molecule has 1 aromatic carbocycles. The van der Waals surface area contributed by atoms with Crippen molar-refractivity contribution in [2.75, 3.05) is 45.3 Å². The number of fused-ring (bicyclic) bond motifs is 1. The van der Waals surface area contributed by atoms with Gasteiger partial charge in [0.25, 0.3) is 0 Å². The Morgan fingerprint density at radius 3 is 2.39 bits per heavy atom. The topological polar surface area (TPSA) is 59.5 Å². The van der Waals surface area contributed by atoms with Crippen LogP contribution in [0.5, 0.6) is 5.75 Å². The van der Waals surface area contributed by atoms with Crippen molar-refractivity contribution >= 4 is 5.82 Å². The van der Waals surface area contributed by atoms with E-state index in [0.717, 1.165) is 70.7 Å². The van der Waals surface area contributed by atoms with Crippen LogP contribution in [0.15, 0.2) is 18.2 Å². The van der Waals surface area contributed by atoms with E-state index in [9.17, 15) is 22.0 Å². The van der Waals surface area contributed by atoms with Crippen molar-refractivity contribution in [2.45, 2.75) is 37.9 Å². The van der Waals surface area contributed by atoms with E-state index in [1.54, 1.807) is 0 Å². The summed E-state index contributed by atoms with van der Waals surface area (Å²) >= 11 is 0. The summed E-state index contributed by atoms with van der Waals surface area (Å²) in [4.78, 5) is 2.49. The summed E-state index contributed by atoms with van der Waals surface area (Å²) in [6.07, 6.45) is -1.07. The molecule has 1 N–H and O–H groups in total. The Hall–Kier alpha value is -2.53. The van der Waals surface area contributed by atoms with E-state index in [1.807, 2.05) is 0 Å². The van der Waals surface area contributed by atoms with Crippen LogP contribution < -0.4 is 10.1 Å². The number of aromatic nitrogens is 2. The molecule has 3 fully saturated rings. The Morgan fingerprint density at radius 1 is 1.06 bits per heavy atom. The number of anilines is 1. The molecule has 6 nitrogen and oxygen atoms in total. The average molecular weight is 513 g/mol. The molecule has 0 radical (unpaired) electrons. The number of ether oxygens (including phenoxy) is 2. The predicted molar refractivity (Wildman–Crippen MR) is 123 cm³/mol. The lowest BCUT2D eigenvalue weighted by Gasteiger charge is -2.28. The first-order chi connectivity index (χ1) is 17.2. The van der Waals surface area contributed by atoms with E-state index in [2.05, 4.69) is 20.4 Å². The zero-order valence-electron chi connectivity index (χ0n) is 20.0. The molecule has 5 rings (SSSR count). The second kappa shape index (κ2) is 10.1. The van der Waals surface area contributed by atoms with Crippen LogP contribution in [0.4, 0.5) is 27.8 Å². The molecule has 1 aliphatic carbocycles. The highest BCUT2D eigenvalue weighted by molar-refractivity contribution is 5.64. The zero-order chi connectivity index (χ0) is 25.4. The van der Waals surface area contributed by atoms with E-state index < -0.39 is 34.6 Å². The molecule has 2 atom stereocenters. The number of hydrogen-bond donors (Lipinski definition) is 1. The van der Waals surface area contributed by atoms with Gasteiger partial charge in [-0.2, -0.15) is 17.6 Å². The molecule has 0 bridgehead atoms. The van der Waals surface area contributed by atoms with Gasteiger partial charge in [-0.15, -0.1) is 10.2 Å². The number of nitrogens with one attached hydrogen (secondary N) is 1. The third-order valence-electron chi connectivity index (χ3n) is 7.67. The second-order valence-corrected chi connectivity index (χ2v) is 10.0. The summed E-state index contributed by atoms with van der Waals surface area (Å²) in [7, 11) is 1.17. The summed E-state index contributed by atoms with van der Waals surface area (Å²) < 4.78 is 80.5. The highest BCUT2D eigenvalue weighted by Crippen LogP contribution is 2.42. The highest BCUT2D eigenvalue weighted by atomic mass is 19.4. The van der Waals surface area contributed by atoms with Gasteiger partial charge in [0, 0.05) is 44.5 Å². The van der Waals surface area contributed by atoms with Crippen molar-refractivity contribution in [3.8, 4) is 17.0 Å². The van der Waals surface area contributed by atoms with Crippen LogP contribution >= 0.6 is 0 Å². The minimum atomic E-state index is -4.75. The Bertz CT molecular complexity index is 1080. The maximum absolute atomic E-state index is 14.5. The first kappa shape index (κ1) is 25.1. The van der Waals surface area contributed by atoms with Gasteiger partial charge >= 0.3 is 6.18 Å². The largest absolute Gasteiger partial charge is 0.494 e. The molecule has 1 saturated carbocycles. The average Bonchev–Trinajstić information content (AvgIpc) is 3.39. The van der Waals surface area contributed by atoms with Crippen molar-refractivity contribution in [2.24, 2.45) is 17.8 Å². The summed E-state index contributed by atoms with van der Waals surface area (Å²) in [6, 6.07) is 2.82. The number of halogens is 5. The number of alkyl halides is 3. The van der Waals surface area contributed by atoms with Crippen molar-refractivity contribution in [1.82, 2.24) is 15.1 Å². The van der Waals surface area contributed by atoms with E-state index in [0.29, 0.717) is 23.8 Å². The fraction of sp³-hybridized carbons (Fsp3) is 0.600. The Labute approximate surface area is 206 Å². The van der Waals surface area contributed by atoms with Gasteiger partial charge in [0.15, 0.2) is 17.4 Å². The molecule has 3 heterocycles. The third kappa shape index (κ3) is 5.13. The van der Waals surface area contributed by atoms with Gasteiger partial charge in [0.2, 0.25) is 5.82 Å². The Kier molecular flexibility index (Phi) is 7.04. The van der Waals surface area contributed by atoms with Crippen LogP contribution in [0.2, 0.25) is 0 Å². The highest BCUT2D eigenvalue weighted by Gasteiger charge is 2.43. The molecule has 36 heavy (non-hydrogen) atoms. The molecule has 11 heteroatoms. The maximum atomic E-state index is 14.5. The number of hydrogen-bond acceptors (Lipinski definition) is 6. The van der Waals surface area contributed by atoms with Gasteiger partial charge in [0.1, 0.15) is 5.56 Å². The monoisotopic (exact) mass is 512 g/mol. The van der Waals surface area contributed by atoms with Gasteiger partial charge in [-0.25, -0.2) is 4.39 Å². The van der Waals surface area contributed by atoms with Crippen LogP contribution in [0.1, 0.15) is 31.2 Å². The SMILES string of the molecule is COc1ccc(-c2cc(C(F)(F)F)c(NC3CC4CN(CC5CCOCC5)CC4C3)nn2)c(F)c1F. The lowest BCUT2D eigenvalue weighted by atomic mass is 10.00. The smallest absolute Gasteiger partial charge is 0.420 e. The van der Waals surface area contributed by atoms with Crippen LogP contribution in [0.3, 0.4) is 0 Å². The number of nitrogens with zero attached hydrogens (tertiary/aromatic N) is 3. The number of rotatable bonds is 6. The molecule has 0 amide bonds. The third-order valence-corrected chi connectivity index (χ3v) is 7.67. The van der Waals surface area contributed by atoms with Crippen LogP contribution in [-0.2, 0) is 10.9 Å². The molecule has 2 unspecified atom stereocenters. The van der Waals surface area contributed by atoms with E-state index >= 15 is 0 Å². The van der Waals surface area contributed by atoms with Crippen molar-refractivity contribution < 1.29 is 31.4 Å². The van der Waals surface area contributed by atoms with Crippen molar-refractivity contribution in [3.05, 3.63) is 35.4 Å². The quantitative estimate of drug-likeness (QED) is 0.550. The fourth-order valence-corrected chi connectivity index (χ4v) is 5.88. The first-order valence-corrected chi connectivity index (χ1v) is 12.3. The van der Waals surface area contributed by atoms with E-state index in [-0.39, 0.29) is 17.6 Å². The lowest BCUT2D eigenvalue weighted by Crippen LogP contribution is -2.32. The summed E-state index contributed by atoms with van der Waals surface area (Å²) in [5.74, 6) is -1.86. The normalized spacial score (nSPS) is 25.2. The van der Waals surface area contributed by atoms with Crippen LogP contribution in [-0.4, -0.2) is 61.1 Å². The summed E-state index contributed by atoms with van der Waals surface area (Å²) in [6.45, 7) is 4.61. The Morgan fingerprint density at radius 2 is 1.75 bits per heavy atom. The summed E-state index contributed by atoms with van der Waals surface area (Å²) in [5.41, 5.74) is -1.88. The molecule has 0 spiro atoms. The minimum absolute atomic E-state index is 0.151. The zero-order valence-corrected chi connectivity index (χ0v) is 20.0. The Balaban J connectivity index is 1.28. The molecule has 2 aliphatic heterocycles. The van der Waals surface area contributed by atoms with Gasteiger partial charge in [-0.1, -0.05) is 0 Å². The van der Waals surface area contributed by atoms with Crippen LogP contribution in [0, 0.1) is 29.4 Å². The number of methoxy groups -OCH3 is 1. The molecule has 2 saturated heterocycles. The standard InChI is InChI=1S/C25H29F5N4O2/c1-35-21-3-2-18(22(26)23(21)27)20-10-19(25(28,29)30)24(33-32-20)31-17-8-15-12-34(13-16(15)9-17)11-14-4-6-36-7-5-14/h2-3,10,14-17H,4-9,11-13H2,1H3,(H,31,33). The van der Waals surface area contributed by atoms with Gasteiger partial charge in [0.05, 0.1) is 12.8 Å². The molecular formula is C25H29F5N4O2. The molecule has 3 aliphatic rings. The number of benzene rings is 1. The number of likely N-dealkylation sites (tertiary alicyclic amines) is 1. The van der Waals surface area contributed by atoms with Crippen LogP contribution in [0.25, 0.3) is 11.3 Å². The predicted octanol–water partition coefficient (Wildman–Crippen LogP) is 5.00. The van der Waals surface area contributed by atoms with Gasteiger partial charge < -0.3 is 19.7 Å². The van der Waals surface area contributed by atoms with E-state index in [1.165, 1.54) is 7.11 Å². The minimum Gasteiger partial charge on any atom is -0.494 e. The van der Waals surface area contributed by atoms with Crippen molar-refractivity contribution in [3.63, 3.8) is 0 Å². The molecule has 196 valence electrons. The summed E-state index contributed by atoms with van der Waals surface area (Å²) in [5, 5.41) is 10.5. The first-order valence-electron chi connectivity index (χ1n) is 12.3. The molecule has 2 aromatic rings. The maximum Gasteiger partial charge on any atom is 0.420 e. The fourth-order valence-electron chi connectivity index (χ4n) is 5.88. The van der Waals surface area contributed by atoms with Gasteiger partial charge in [-0.05, 0) is 61.6 Å². The van der Waals surface area contributed by atoms with E-state index in [4.69, 9.17) is 9.47 Å². The van der Waals surface area contributed by atoms with Crippen molar-refractivity contribution in [1.29, 1.82) is 0 Å². The molecular weight excluding hydrogens is 483 g/mol. The molecule has 1 aromatic heterocycles. The second-order valence-electron chi connectivity index (χ2n) is 10.0.